The van der Waals surface area contributed by atoms with Crippen molar-refractivity contribution in [3.8, 4) is 0 Å². The van der Waals surface area contributed by atoms with Crippen LogP contribution in [0, 0.1) is 13.8 Å². The summed E-state index contributed by atoms with van der Waals surface area (Å²) in [6, 6.07) is 4.37. The number of nitrogen functional groups attached to an aromatic ring is 1. The Kier molecular flexibility index (Phi) is 2.71. The molecule has 0 spiro atoms. The van der Waals surface area contributed by atoms with Crippen molar-refractivity contribution in [1.29, 1.82) is 0 Å². The van der Waals surface area contributed by atoms with Gasteiger partial charge in [0.15, 0.2) is 0 Å². The van der Waals surface area contributed by atoms with Crippen LogP contribution in [0.4, 0.5) is 5.69 Å². The van der Waals surface area contributed by atoms with Gasteiger partial charge in [-0.1, -0.05) is 11.6 Å². The van der Waals surface area contributed by atoms with Crippen LogP contribution in [0.2, 0.25) is 0 Å². The van der Waals surface area contributed by atoms with Crippen molar-refractivity contribution in [3.63, 3.8) is 0 Å². The van der Waals surface area contributed by atoms with Gasteiger partial charge in [0.25, 0.3) is 0 Å². The van der Waals surface area contributed by atoms with Gasteiger partial charge in [-0.15, -0.1) is 0 Å². The fraction of sp³-hybridized carbons (Fsp3) is 0.400. The minimum absolute atomic E-state index is 1.08. The van der Waals surface area contributed by atoms with Gasteiger partial charge in [-0.05, 0) is 56.7 Å². The van der Waals surface area contributed by atoms with Gasteiger partial charge in [0.1, 0.15) is 0 Å². The Balaban J connectivity index is 2.40. The summed E-state index contributed by atoms with van der Waals surface area (Å²) in [5.74, 6) is 5.76. The molecule has 18 heavy (non-hydrogen) atoms. The van der Waals surface area contributed by atoms with Crippen LogP contribution in [-0.4, -0.2) is 4.98 Å². The Morgan fingerprint density at radius 1 is 1.17 bits per heavy atom. The number of nitrogens with one attached hydrogen (secondary N) is 1. The number of hydrogen-bond acceptors (Lipinski definition) is 3. The second-order valence-corrected chi connectivity index (χ2v) is 5.24. The molecule has 0 saturated heterocycles. The van der Waals surface area contributed by atoms with Gasteiger partial charge in [0.2, 0.25) is 0 Å². The lowest BCUT2D eigenvalue weighted by atomic mass is 9.92. The van der Waals surface area contributed by atoms with Crippen LogP contribution in [-0.2, 0) is 12.8 Å². The predicted molar refractivity (Wildman–Crippen MR) is 75.7 cm³/mol. The Labute approximate surface area is 107 Å². The highest BCUT2D eigenvalue weighted by molar-refractivity contribution is 5.95. The number of aryl methyl sites for hydroxylation is 3. The highest BCUT2D eigenvalue weighted by Gasteiger charge is 2.18. The van der Waals surface area contributed by atoms with Crippen molar-refractivity contribution in [3.05, 3.63) is 34.5 Å². The minimum Gasteiger partial charge on any atom is -0.323 e. The largest absolute Gasteiger partial charge is 0.323 e. The second kappa shape index (κ2) is 4.25. The molecule has 0 aliphatic heterocycles. The first-order valence-electron chi connectivity index (χ1n) is 6.60. The Morgan fingerprint density at radius 3 is 2.72 bits per heavy atom. The van der Waals surface area contributed by atoms with E-state index >= 15 is 0 Å². The van der Waals surface area contributed by atoms with E-state index in [0.717, 1.165) is 29.4 Å². The molecule has 3 heteroatoms. The summed E-state index contributed by atoms with van der Waals surface area (Å²) < 4.78 is 0. The lowest BCUT2D eigenvalue weighted by molar-refractivity contribution is 0.672. The maximum absolute atomic E-state index is 5.76. The maximum atomic E-state index is 5.76. The molecule has 1 aromatic heterocycles. The Morgan fingerprint density at radius 2 is 1.94 bits per heavy atom. The summed E-state index contributed by atoms with van der Waals surface area (Å²) >= 11 is 0. The normalized spacial score (nSPS) is 14.6. The molecular formula is C15H19N3. The average molecular weight is 241 g/mol. The molecule has 3 nitrogen and oxygen atoms in total. The zero-order valence-corrected chi connectivity index (χ0v) is 11.0. The minimum atomic E-state index is 1.08. The van der Waals surface area contributed by atoms with E-state index in [1.165, 1.54) is 35.2 Å². The standard InChI is InChI=1S/C15H19N3/c1-9-7-10(2)14-12(8-9)15(18-16)11-5-3-4-6-13(11)17-14/h7-8H,3-6,16H2,1-2H3,(H,17,18). The molecule has 0 atom stereocenters. The molecule has 1 heterocycles. The monoisotopic (exact) mass is 241 g/mol. The molecule has 1 aromatic carbocycles. The highest BCUT2D eigenvalue weighted by Crippen LogP contribution is 2.34. The van der Waals surface area contributed by atoms with Crippen LogP contribution < -0.4 is 11.3 Å². The van der Waals surface area contributed by atoms with Gasteiger partial charge in [0.05, 0.1) is 11.2 Å². The van der Waals surface area contributed by atoms with Crippen molar-refractivity contribution in [2.24, 2.45) is 5.84 Å². The van der Waals surface area contributed by atoms with Crippen molar-refractivity contribution < 1.29 is 0 Å². The summed E-state index contributed by atoms with van der Waals surface area (Å²) in [6.45, 7) is 4.24. The lowest BCUT2D eigenvalue weighted by Gasteiger charge is -2.21. The average Bonchev–Trinajstić information content (AvgIpc) is 2.36. The lowest BCUT2D eigenvalue weighted by Crippen LogP contribution is -2.15. The molecular weight excluding hydrogens is 222 g/mol. The summed E-state index contributed by atoms with van der Waals surface area (Å²) in [6.07, 6.45) is 4.64. The molecule has 0 saturated carbocycles. The number of hydrogen-bond donors (Lipinski definition) is 2. The molecule has 94 valence electrons. The zero-order valence-electron chi connectivity index (χ0n) is 11.0. The number of rotatable bonds is 1. The fourth-order valence-corrected chi connectivity index (χ4v) is 3.04. The van der Waals surface area contributed by atoms with Crippen LogP contribution in [0.3, 0.4) is 0 Å². The molecule has 1 aliphatic rings. The number of benzene rings is 1. The van der Waals surface area contributed by atoms with Crippen molar-refractivity contribution in [2.45, 2.75) is 39.5 Å². The van der Waals surface area contributed by atoms with Crippen molar-refractivity contribution in [1.82, 2.24) is 4.98 Å². The van der Waals surface area contributed by atoms with Gasteiger partial charge < -0.3 is 5.43 Å². The summed E-state index contributed by atoms with van der Waals surface area (Å²) in [4.78, 5) is 4.87. The van der Waals surface area contributed by atoms with Crippen LogP contribution in [0.1, 0.15) is 35.2 Å². The number of anilines is 1. The molecule has 0 bridgehead atoms. The van der Waals surface area contributed by atoms with Crippen LogP contribution >= 0.6 is 0 Å². The van der Waals surface area contributed by atoms with Crippen LogP contribution in [0.5, 0.6) is 0 Å². The molecule has 0 amide bonds. The molecule has 3 N–H and O–H groups in total. The topological polar surface area (TPSA) is 50.9 Å². The number of nitrogens with zero attached hydrogens (tertiary/aromatic N) is 1. The fourth-order valence-electron chi connectivity index (χ4n) is 3.04. The third-order valence-electron chi connectivity index (χ3n) is 3.85. The molecule has 3 rings (SSSR count). The number of pyridine rings is 1. The SMILES string of the molecule is Cc1cc(C)c2nc3c(c(NN)c2c1)CCCC3. The van der Waals surface area contributed by atoms with E-state index in [1.54, 1.807) is 0 Å². The quantitative estimate of drug-likeness (QED) is 0.596. The van der Waals surface area contributed by atoms with E-state index in [9.17, 15) is 0 Å². The number of fused-ring (bicyclic) bond motifs is 2. The van der Waals surface area contributed by atoms with E-state index < -0.39 is 0 Å². The molecule has 2 aromatic rings. The Bertz CT molecular complexity index is 617. The molecule has 1 aliphatic carbocycles. The van der Waals surface area contributed by atoms with Crippen LogP contribution in [0.25, 0.3) is 10.9 Å². The maximum Gasteiger partial charge on any atom is 0.0756 e. The molecule has 0 radical (unpaired) electrons. The summed E-state index contributed by atoms with van der Waals surface area (Å²) in [5.41, 5.74) is 10.1. The number of aromatic nitrogens is 1. The number of nitrogens with two attached hydrogens (primary N) is 1. The first-order valence-corrected chi connectivity index (χ1v) is 6.60. The van der Waals surface area contributed by atoms with Gasteiger partial charge in [-0.2, -0.15) is 0 Å². The van der Waals surface area contributed by atoms with Crippen molar-refractivity contribution in [2.75, 3.05) is 5.43 Å². The van der Waals surface area contributed by atoms with Gasteiger partial charge in [-0.3, -0.25) is 10.8 Å². The first kappa shape index (κ1) is 11.5. The number of hydrazine groups is 1. The summed E-state index contributed by atoms with van der Waals surface area (Å²) in [5, 5.41) is 1.16. The molecule has 0 fully saturated rings. The Hall–Kier alpha value is -1.61. The van der Waals surface area contributed by atoms with E-state index in [4.69, 9.17) is 10.8 Å². The second-order valence-electron chi connectivity index (χ2n) is 5.24. The summed E-state index contributed by atoms with van der Waals surface area (Å²) in [7, 11) is 0. The smallest absolute Gasteiger partial charge is 0.0756 e. The third-order valence-corrected chi connectivity index (χ3v) is 3.85. The zero-order chi connectivity index (χ0) is 12.7. The van der Waals surface area contributed by atoms with Crippen molar-refractivity contribution >= 4 is 16.6 Å². The van der Waals surface area contributed by atoms with Gasteiger partial charge in [0, 0.05) is 11.1 Å². The van der Waals surface area contributed by atoms with E-state index in [1.807, 2.05) is 0 Å². The first-order chi connectivity index (χ1) is 8.70. The van der Waals surface area contributed by atoms with Gasteiger partial charge in [-0.25, -0.2) is 0 Å². The van der Waals surface area contributed by atoms with Crippen LogP contribution in [0.15, 0.2) is 12.1 Å². The third kappa shape index (κ3) is 1.66. The van der Waals surface area contributed by atoms with E-state index in [-0.39, 0.29) is 0 Å². The van der Waals surface area contributed by atoms with E-state index in [0.29, 0.717) is 0 Å². The van der Waals surface area contributed by atoms with E-state index in [2.05, 4.69) is 31.4 Å². The molecule has 0 unspecified atom stereocenters. The highest BCUT2D eigenvalue weighted by atomic mass is 15.2. The predicted octanol–water partition coefficient (Wildman–Crippen LogP) is 3.02. The van der Waals surface area contributed by atoms with Gasteiger partial charge >= 0.3 is 0 Å².